The van der Waals surface area contributed by atoms with Gasteiger partial charge in [0.1, 0.15) is 11.8 Å². The summed E-state index contributed by atoms with van der Waals surface area (Å²) in [5, 5.41) is 11.0. The predicted molar refractivity (Wildman–Crippen MR) is 71.1 cm³/mol. The minimum absolute atomic E-state index is 0.501. The molecule has 0 saturated heterocycles. The highest BCUT2D eigenvalue weighted by Gasteiger charge is 2.17. The number of thiophene rings is 1. The molecule has 3 nitrogen and oxygen atoms in total. The van der Waals surface area contributed by atoms with Gasteiger partial charge < -0.3 is 0 Å². The van der Waals surface area contributed by atoms with Crippen LogP contribution >= 0.6 is 11.3 Å². The first-order valence-electron chi connectivity index (χ1n) is 5.98. The summed E-state index contributed by atoms with van der Waals surface area (Å²) < 4.78 is 0. The monoisotopic (exact) mass is 255 g/mol. The van der Waals surface area contributed by atoms with Crippen LogP contribution in [-0.4, -0.2) is 16.4 Å². The summed E-state index contributed by atoms with van der Waals surface area (Å²) in [4.78, 5) is 7.95. The number of rotatable bonds is 2. The van der Waals surface area contributed by atoms with Gasteiger partial charge in [-0.2, -0.15) is 5.26 Å². The lowest BCUT2D eigenvalue weighted by molar-refractivity contribution is 0.247. The minimum Gasteiger partial charge on any atom is -0.294 e. The molecular weight excluding hydrogens is 242 g/mol. The van der Waals surface area contributed by atoms with Crippen molar-refractivity contribution in [2.24, 2.45) is 0 Å². The molecule has 90 valence electrons. The quantitative estimate of drug-likeness (QED) is 0.828. The highest BCUT2D eigenvalue weighted by molar-refractivity contribution is 7.10. The fourth-order valence-corrected chi connectivity index (χ4v) is 3.22. The first-order valence-corrected chi connectivity index (χ1v) is 6.86. The largest absolute Gasteiger partial charge is 0.294 e. The van der Waals surface area contributed by atoms with Crippen LogP contribution in [0.5, 0.6) is 0 Å². The predicted octanol–water partition coefficient (Wildman–Crippen LogP) is 2.57. The van der Waals surface area contributed by atoms with Crippen molar-refractivity contribution in [2.45, 2.75) is 19.5 Å². The molecule has 0 aromatic carbocycles. The van der Waals surface area contributed by atoms with Crippen LogP contribution in [0.3, 0.4) is 0 Å². The fraction of sp³-hybridized carbons (Fsp3) is 0.286. The van der Waals surface area contributed by atoms with Crippen LogP contribution in [0, 0.1) is 11.3 Å². The van der Waals surface area contributed by atoms with Gasteiger partial charge in [0, 0.05) is 30.7 Å². The first kappa shape index (κ1) is 11.4. The van der Waals surface area contributed by atoms with E-state index in [4.69, 9.17) is 5.26 Å². The van der Waals surface area contributed by atoms with Gasteiger partial charge in [-0.3, -0.25) is 4.90 Å². The molecule has 0 fully saturated rings. The Morgan fingerprint density at radius 1 is 1.44 bits per heavy atom. The number of pyridine rings is 1. The highest BCUT2D eigenvalue weighted by Crippen LogP contribution is 2.24. The Labute approximate surface area is 110 Å². The van der Waals surface area contributed by atoms with E-state index in [9.17, 15) is 0 Å². The van der Waals surface area contributed by atoms with Crippen molar-refractivity contribution in [2.75, 3.05) is 6.54 Å². The highest BCUT2D eigenvalue weighted by atomic mass is 32.1. The summed E-state index contributed by atoms with van der Waals surface area (Å²) >= 11 is 1.86. The molecule has 0 saturated carbocycles. The molecule has 0 spiro atoms. The summed E-state index contributed by atoms with van der Waals surface area (Å²) in [6.45, 7) is 3.01. The Balaban J connectivity index is 1.73. The Hall–Kier alpha value is -1.70. The molecule has 18 heavy (non-hydrogen) atoms. The summed E-state index contributed by atoms with van der Waals surface area (Å²) in [7, 11) is 0. The molecule has 4 heteroatoms. The molecule has 0 radical (unpaired) electrons. The number of aromatic nitrogens is 1. The third-order valence-corrected chi connectivity index (χ3v) is 4.25. The molecule has 0 atom stereocenters. The van der Waals surface area contributed by atoms with E-state index in [2.05, 4.69) is 27.4 Å². The molecule has 3 rings (SSSR count). The van der Waals surface area contributed by atoms with Crippen molar-refractivity contribution < 1.29 is 0 Å². The summed E-state index contributed by atoms with van der Waals surface area (Å²) in [6.07, 6.45) is 2.86. The van der Waals surface area contributed by atoms with Crippen LogP contribution in [0.4, 0.5) is 0 Å². The first-order chi connectivity index (χ1) is 8.85. The third-order valence-electron chi connectivity index (χ3n) is 3.23. The Morgan fingerprint density at radius 3 is 3.28 bits per heavy atom. The van der Waals surface area contributed by atoms with Crippen LogP contribution in [0.1, 0.15) is 21.7 Å². The SMILES string of the molecule is N#Cc1cc(CN2CCc3sccc3C2)ccn1. The molecule has 1 aliphatic heterocycles. The maximum atomic E-state index is 8.85. The van der Waals surface area contributed by atoms with E-state index in [1.807, 2.05) is 23.5 Å². The van der Waals surface area contributed by atoms with Gasteiger partial charge in [-0.05, 0) is 41.1 Å². The molecular formula is C14H13N3S. The molecule has 0 aliphatic carbocycles. The molecule has 2 aromatic rings. The van der Waals surface area contributed by atoms with E-state index in [-0.39, 0.29) is 0 Å². The summed E-state index contributed by atoms with van der Waals surface area (Å²) in [6, 6.07) is 8.18. The van der Waals surface area contributed by atoms with E-state index in [0.29, 0.717) is 5.69 Å². The van der Waals surface area contributed by atoms with Crippen LogP contribution in [-0.2, 0) is 19.5 Å². The van der Waals surface area contributed by atoms with Gasteiger partial charge in [0.15, 0.2) is 0 Å². The van der Waals surface area contributed by atoms with Gasteiger partial charge >= 0.3 is 0 Å². The van der Waals surface area contributed by atoms with Crippen molar-refractivity contribution in [3.8, 4) is 6.07 Å². The van der Waals surface area contributed by atoms with Crippen LogP contribution in [0.2, 0.25) is 0 Å². The number of hydrogen-bond donors (Lipinski definition) is 0. The second kappa shape index (κ2) is 4.89. The number of fused-ring (bicyclic) bond motifs is 1. The fourth-order valence-electron chi connectivity index (χ4n) is 2.33. The number of nitriles is 1. The molecule has 3 heterocycles. The zero-order valence-corrected chi connectivity index (χ0v) is 10.8. The Morgan fingerprint density at radius 2 is 2.39 bits per heavy atom. The van der Waals surface area contributed by atoms with Gasteiger partial charge in [0.2, 0.25) is 0 Å². The Kier molecular flexibility index (Phi) is 3.09. The minimum atomic E-state index is 0.501. The van der Waals surface area contributed by atoms with Crippen molar-refractivity contribution in [3.05, 3.63) is 51.5 Å². The molecule has 0 N–H and O–H groups in total. The average Bonchev–Trinajstić information content (AvgIpc) is 2.86. The van der Waals surface area contributed by atoms with Gasteiger partial charge in [-0.15, -0.1) is 11.3 Å². The van der Waals surface area contributed by atoms with Gasteiger partial charge in [-0.25, -0.2) is 4.98 Å². The van der Waals surface area contributed by atoms with Crippen molar-refractivity contribution in [1.29, 1.82) is 5.26 Å². The molecule has 0 unspecified atom stereocenters. The zero-order valence-electron chi connectivity index (χ0n) is 9.97. The second-order valence-corrected chi connectivity index (χ2v) is 5.49. The number of nitrogens with zero attached hydrogens (tertiary/aromatic N) is 3. The van der Waals surface area contributed by atoms with Crippen LogP contribution in [0.15, 0.2) is 29.8 Å². The smallest absolute Gasteiger partial charge is 0.140 e. The molecule has 0 amide bonds. The lowest BCUT2D eigenvalue weighted by Gasteiger charge is -2.26. The van der Waals surface area contributed by atoms with E-state index in [0.717, 1.165) is 26.1 Å². The molecule has 2 aromatic heterocycles. The van der Waals surface area contributed by atoms with Crippen LogP contribution < -0.4 is 0 Å². The van der Waals surface area contributed by atoms with E-state index in [1.54, 1.807) is 6.20 Å². The lowest BCUT2D eigenvalue weighted by atomic mass is 10.1. The lowest BCUT2D eigenvalue weighted by Crippen LogP contribution is -2.29. The normalized spacial score (nSPS) is 15.1. The van der Waals surface area contributed by atoms with Gasteiger partial charge in [0.25, 0.3) is 0 Å². The standard InChI is InChI=1S/C14H13N3S/c15-8-13-7-11(1-4-16-13)9-17-5-2-14-12(10-17)3-6-18-14/h1,3-4,6-7H,2,5,9-10H2. The summed E-state index contributed by atoms with van der Waals surface area (Å²) in [5.74, 6) is 0. The Bertz CT molecular complexity index is 597. The summed E-state index contributed by atoms with van der Waals surface area (Å²) in [5.41, 5.74) is 3.13. The van der Waals surface area contributed by atoms with E-state index < -0.39 is 0 Å². The van der Waals surface area contributed by atoms with Crippen molar-refractivity contribution in [3.63, 3.8) is 0 Å². The molecule has 1 aliphatic rings. The second-order valence-electron chi connectivity index (χ2n) is 4.49. The van der Waals surface area contributed by atoms with E-state index >= 15 is 0 Å². The van der Waals surface area contributed by atoms with Crippen molar-refractivity contribution in [1.82, 2.24) is 9.88 Å². The third kappa shape index (κ3) is 2.28. The topological polar surface area (TPSA) is 39.9 Å². The average molecular weight is 255 g/mol. The van der Waals surface area contributed by atoms with Gasteiger partial charge in [-0.1, -0.05) is 0 Å². The van der Waals surface area contributed by atoms with E-state index in [1.165, 1.54) is 16.0 Å². The maximum absolute atomic E-state index is 8.85. The molecule has 0 bridgehead atoms. The van der Waals surface area contributed by atoms with Crippen LogP contribution in [0.25, 0.3) is 0 Å². The number of hydrogen-bond acceptors (Lipinski definition) is 4. The van der Waals surface area contributed by atoms with Gasteiger partial charge in [0.05, 0.1) is 0 Å². The zero-order chi connectivity index (χ0) is 12.4. The maximum Gasteiger partial charge on any atom is 0.140 e. The van der Waals surface area contributed by atoms with Crippen molar-refractivity contribution >= 4 is 11.3 Å².